The second-order valence-electron chi connectivity index (χ2n) is 10.3. The van der Waals surface area contributed by atoms with E-state index in [1.165, 1.54) is 56.1 Å². The molecule has 0 unspecified atom stereocenters. The van der Waals surface area contributed by atoms with Gasteiger partial charge in [0.05, 0.1) is 0 Å². The molecule has 0 spiro atoms. The fourth-order valence-electron chi connectivity index (χ4n) is 5.79. The van der Waals surface area contributed by atoms with Crippen molar-refractivity contribution in [2.75, 3.05) is 22.9 Å². The summed E-state index contributed by atoms with van der Waals surface area (Å²) in [5, 5.41) is 0. The first-order valence-corrected chi connectivity index (χ1v) is 14.8. The van der Waals surface area contributed by atoms with E-state index in [-0.39, 0.29) is 0 Å². The molecule has 0 saturated heterocycles. The van der Waals surface area contributed by atoms with Gasteiger partial charge in [-0.1, -0.05) is 121 Å². The molecule has 0 N–H and O–H groups in total. The van der Waals surface area contributed by atoms with Gasteiger partial charge in [-0.05, 0) is 72.5 Å². The molecule has 0 aliphatic heterocycles. The highest BCUT2D eigenvalue weighted by Crippen LogP contribution is 2.37. The first-order valence-electron chi connectivity index (χ1n) is 14.8. The smallest absolute Gasteiger partial charge is 0.0490 e. The molecule has 0 amide bonds. The average molecular weight is 545 g/mol. The highest BCUT2D eigenvalue weighted by molar-refractivity contribution is 5.84. The van der Waals surface area contributed by atoms with Gasteiger partial charge in [0.15, 0.2) is 0 Å². The first kappa shape index (κ1) is 27.1. The van der Waals surface area contributed by atoms with Gasteiger partial charge in [-0.25, -0.2) is 0 Å². The van der Waals surface area contributed by atoms with Crippen molar-refractivity contribution in [1.82, 2.24) is 0 Å². The second-order valence-corrected chi connectivity index (χ2v) is 10.3. The standard InChI is InChI=1S/C40H36N2/c1-3-41(39-21-13-11-19-37(39)33-15-7-5-8-16-33)35-27-23-31(24-28-35)32-25-29-36(30-26-32)42(4-2)40-22-14-12-20-38(40)34-17-9-6-10-18-34/h5-30H,3-4H2,1-2H3. The zero-order valence-corrected chi connectivity index (χ0v) is 24.3. The minimum atomic E-state index is 0.884. The van der Waals surface area contributed by atoms with Gasteiger partial charge in [-0.3, -0.25) is 0 Å². The van der Waals surface area contributed by atoms with Crippen molar-refractivity contribution in [3.8, 4) is 33.4 Å². The number of hydrogen-bond donors (Lipinski definition) is 0. The Labute approximate surface area is 250 Å². The molecule has 0 fully saturated rings. The van der Waals surface area contributed by atoms with E-state index in [2.05, 4.69) is 181 Å². The summed E-state index contributed by atoms with van der Waals surface area (Å²) in [5.41, 5.74) is 12.2. The van der Waals surface area contributed by atoms with Crippen LogP contribution in [0, 0.1) is 0 Å². The van der Waals surface area contributed by atoms with Crippen molar-refractivity contribution in [2.45, 2.75) is 13.8 Å². The van der Waals surface area contributed by atoms with E-state index < -0.39 is 0 Å². The van der Waals surface area contributed by atoms with Gasteiger partial charge in [0.25, 0.3) is 0 Å². The van der Waals surface area contributed by atoms with Crippen LogP contribution in [0.15, 0.2) is 158 Å². The van der Waals surface area contributed by atoms with Crippen LogP contribution >= 0.6 is 0 Å². The van der Waals surface area contributed by atoms with Crippen molar-refractivity contribution in [2.24, 2.45) is 0 Å². The minimum Gasteiger partial charge on any atom is -0.341 e. The van der Waals surface area contributed by atoms with Crippen LogP contribution in [0.5, 0.6) is 0 Å². The molecular formula is C40H36N2. The molecule has 2 nitrogen and oxygen atoms in total. The number of rotatable bonds is 9. The number of hydrogen-bond acceptors (Lipinski definition) is 2. The highest BCUT2D eigenvalue weighted by Gasteiger charge is 2.15. The zero-order valence-electron chi connectivity index (χ0n) is 24.3. The Morgan fingerprint density at radius 3 is 1.02 bits per heavy atom. The summed E-state index contributed by atoms with van der Waals surface area (Å²) in [6.07, 6.45) is 0. The Bertz CT molecular complexity index is 1590. The maximum Gasteiger partial charge on any atom is 0.0490 e. The van der Waals surface area contributed by atoms with Crippen LogP contribution < -0.4 is 9.80 Å². The molecule has 0 heterocycles. The highest BCUT2D eigenvalue weighted by atomic mass is 15.1. The van der Waals surface area contributed by atoms with E-state index in [9.17, 15) is 0 Å². The lowest BCUT2D eigenvalue weighted by atomic mass is 10.0. The first-order chi connectivity index (χ1) is 20.8. The third kappa shape index (κ3) is 5.57. The van der Waals surface area contributed by atoms with Gasteiger partial charge in [0.2, 0.25) is 0 Å². The summed E-state index contributed by atoms with van der Waals surface area (Å²) >= 11 is 0. The van der Waals surface area contributed by atoms with Crippen molar-refractivity contribution < 1.29 is 0 Å². The maximum atomic E-state index is 2.39. The molecular weight excluding hydrogens is 508 g/mol. The second kappa shape index (κ2) is 12.6. The number of para-hydroxylation sites is 2. The Morgan fingerprint density at radius 2 is 0.667 bits per heavy atom. The molecule has 6 rings (SSSR count). The van der Waals surface area contributed by atoms with Gasteiger partial charge >= 0.3 is 0 Å². The number of benzene rings is 6. The van der Waals surface area contributed by atoms with Gasteiger partial charge in [-0.15, -0.1) is 0 Å². The molecule has 0 saturated carbocycles. The summed E-state index contributed by atoms with van der Waals surface area (Å²) in [7, 11) is 0. The predicted octanol–water partition coefficient (Wildman–Crippen LogP) is 11.0. The SMILES string of the molecule is CCN(c1ccc(-c2ccc(N(CC)c3ccccc3-c3ccccc3)cc2)cc1)c1ccccc1-c1ccccc1. The lowest BCUT2D eigenvalue weighted by molar-refractivity contribution is 1.02. The lowest BCUT2D eigenvalue weighted by Crippen LogP contribution is -2.17. The predicted molar refractivity (Wildman–Crippen MR) is 181 cm³/mol. The summed E-state index contributed by atoms with van der Waals surface area (Å²) in [6.45, 7) is 6.19. The summed E-state index contributed by atoms with van der Waals surface area (Å²) in [6, 6.07) is 56.5. The third-order valence-corrected chi connectivity index (χ3v) is 7.88. The summed E-state index contributed by atoms with van der Waals surface area (Å²) in [4.78, 5) is 4.77. The van der Waals surface area contributed by atoms with Crippen LogP contribution in [0.2, 0.25) is 0 Å². The van der Waals surface area contributed by atoms with E-state index in [1.54, 1.807) is 0 Å². The minimum absolute atomic E-state index is 0.884. The maximum absolute atomic E-state index is 2.39. The Kier molecular flexibility index (Phi) is 8.14. The topological polar surface area (TPSA) is 6.48 Å². The van der Waals surface area contributed by atoms with Crippen molar-refractivity contribution in [3.05, 3.63) is 158 Å². The molecule has 6 aromatic carbocycles. The summed E-state index contributed by atoms with van der Waals surface area (Å²) in [5.74, 6) is 0. The average Bonchev–Trinajstić information content (AvgIpc) is 3.07. The molecule has 0 bridgehead atoms. The lowest BCUT2D eigenvalue weighted by Gasteiger charge is -2.27. The molecule has 42 heavy (non-hydrogen) atoms. The third-order valence-electron chi connectivity index (χ3n) is 7.88. The largest absolute Gasteiger partial charge is 0.341 e. The Balaban J connectivity index is 1.26. The Hall–Kier alpha value is -5.08. The molecule has 0 aliphatic rings. The van der Waals surface area contributed by atoms with Gasteiger partial charge < -0.3 is 9.80 Å². The number of anilines is 4. The molecule has 0 aromatic heterocycles. The van der Waals surface area contributed by atoms with E-state index in [0.717, 1.165) is 13.1 Å². The quantitative estimate of drug-likeness (QED) is 0.179. The van der Waals surface area contributed by atoms with Gasteiger partial charge in [0, 0.05) is 47.0 Å². The molecule has 0 radical (unpaired) electrons. The monoisotopic (exact) mass is 544 g/mol. The van der Waals surface area contributed by atoms with Gasteiger partial charge in [0.1, 0.15) is 0 Å². The van der Waals surface area contributed by atoms with Crippen LogP contribution in [-0.4, -0.2) is 13.1 Å². The van der Waals surface area contributed by atoms with Crippen molar-refractivity contribution >= 4 is 22.7 Å². The van der Waals surface area contributed by atoms with E-state index >= 15 is 0 Å². The van der Waals surface area contributed by atoms with Crippen molar-refractivity contribution in [1.29, 1.82) is 0 Å². The Morgan fingerprint density at radius 1 is 0.333 bits per heavy atom. The number of nitrogens with zero attached hydrogens (tertiary/aromatic N) is 2. The van der Waals surface area contributed by atoms with Crippen LogP contribution in [0.3, 0.4) is 0 Å². The summed E-state index contributed by atoms with van der Waals surface area (Å²) < 4.78 is 0. The van der Waals surface area contributed by atoms with Crippen LogP contribution in [-0.2, 0) is 0 Å². The molecule has 206 valence electrons. The van der Waals surface area contributed by atoms with Crippen LogP contribution in [0.25, 0.3) is 33.4 Å². The van der Waals surface area contributed by atoms with Crippen LogP contribution in [0.1, 0.15) is 13.8 Å². The zero-order chi connectivity index (χ0) is 28.7. The van der Waals surface area contributed by atoms with Crippen molar-refractivity contribution in [3.63, 3.8) is 0 Å². The molecule has 0 aliphatic carbocycles. The van der Waals surface area contributed by atoms with E-state index in [0.29, 0.717) is 0 Å². The fourth-order valence-corrected chi connectivity index (χ4v) is 5.79. The van der Waals surface area contributed by atoms with E-state index in [1.807, 2.05) is 0 Å². The fraction of sp³-hybridized carbons (Fsp3) is 0.100. The van der Waals surface area contributed by atoms with Crippen LogP contribution in [0.4, 0.5) is 22.7 Å². The van der Waals surface area contributed by atoms with E-state index in [4.69, 9.17) is 0 Å². The molecule has 6 aromatic rings. The molecule has 2 heteroatoms. The normalized spacial score (nSPS) is 10.8. The van der Waals surface area contributed by atoms with Gasteiger partial charge in [-0.2, -0.15) is 0 Å². The molecule has 0 atom stereocenters.